The van der Waals surface area contributed by atoms with Crippen molar-refractivity contribution in [3.05, 3.63) is 65.6 Å². The SMILES string of the molecule is Cc1cc2ccccc2n1-c1ccc(C(=O)N2CCNCC2)c(F)c1. The lowest BCUT2D eigenvalue weighted by Gasteiger charge is -2.27. The number of rotatable bonds is 2. The van der Waals surface area contributed by atoms with Crippen LogP contribution in [0.3, 0.4) is 0 Å². The molecule has 0 atom stereocenters. The van der Waals surface area contributed by atoms with Crippen LogP contribution in [0.2, 0.25) is 0 Å². The van der Waals surface area contributed by atoms with Crippen LogP contribution in [-0.4, -0.2) is 41.6 Å². The number of aromatic nitrogens is 1. The summed E-state index contributed by atoms with van der Waals surface area (Å²) in [7, 11) is 0. The molecule has 1 aliphatic heterocycles. The molecule has 128 valence electrons. The molecule has 1 saturated heterocycles. The van der Waals surface area contributed by atoms with Crippen LogP contribution in [0, 0.1) is 12.7 Å². The second-order valence-corrected chi connectivity index (χ2v) is 6.39. The van der Waals surface area contributed by atoms with Crippen LogP contribution in [0.1, 0.15) is 16.1 Å². The molecule has 25 heavy (non-hydrogen) atoms. The highest BCUT2D eigenvalue weighted by Gasteiger charge is 2.21. The summed E-state index contributed by atoms with van der Waals surface area (Å²) >= 11 is 0. The van der Waals surface area contributed by atoms with Gasteiger partial charge < -0.3 is 14.8 Å². The Hall–Kier alpha value is -2.66. The number of carbonyl (C=O) groups is 1. The maximum Gasteiger partial charge on any atom is 0.256 e. The fourth-order valence-corrected chi connectivity index (χ4v) is 3.49. The molecule has 0 bridgehead atoms. The Morgan fingerprint density at radius 2 is 1.84 bits per heavy atom. The summed E-state index contributed by atoms with van der Waals surface area (Å²) in [6.07, 6.45) is 0. The first-order valence-electron chi connectivity index (χ1n) is 8.52. The molecule has 1 amide bonds. The molecule has 4 rings (SSSR count). The van der Waals surface area contributed by atoms with E-state index in [9.17, 15) is 9.18 Å². The Bertz CT molecular complexity index is 941. The van der Waals surface area contributed by atoms with Crippen molar-refractivity contribution < 1.29 is 9.18 Å². The molecule has 0 unspecified atom stereocenters. The van der Waals surface area contributed by atoms with Gasteiger partial charge in [0.1, 0.15) is 5.82 Å². The van der Waals surface area contributed by atoms with Crippen LogP contribution in [0.25, 0.3) is 16.6 Å². The summed E-state index contributed by atoms with van der Waals surface area (Å²) in [5, 5.41) is 4.31. The average molecular weight is 337 g/mol. The second-order valence-electron chi connectivity index (χ2n) is 6.39. The third-order valence-corrected chi connectivity index (χ3v) is 4.74. The van der Waals surface area contributed by atoms with Crippen molar-refractivity contribution in [1.29, 1.82) is 0 Å². The third-order valence-electron chi connectivity index (χ3n) is 4.74. The van der Waals surface area contributed by atoms with Gasteiger partial charge in [0.25, 0.3) is 5.91 Å². The molecule has 1 fully saturated rings. The van der Waals surface area contributed by atoms with Crippen LogP contribution >= 0.6 is 0 Å². The molecular formula is C20H20FN3O. The molecule has 2 heterocycles. The molecule has 0 radical (unpaired) electrons. The summed E-state index contributed by atoms with van der Waals surface area (Å²) in [5.74, 6) is -0.710. The van der Waals surface area contributed by atoms with Crippen molar-refractivity contribution in [3.8, 4) is 5.69 Å². The number of fused-ring (bicyclic) bond motifs is 1. The van der Waals surface area contributed by atoms with E-state index < -0.39 is 5.82 Å². The first-order chi connectivity index (χ1) is 12.1. The summed E-state index contributed by atoms with van der Waals surface area (Å²) in [6, 6.07) is 15.0. The molecule has 2 aromatic carbocycles. The zero-order chi connectivity index (χ0) is 17.4. The maximum atomic E-state index is 14.7. The lowest BCUT2D eigenvalue weighted by Crippen LogP contribution is -2.46. The number of halogens is 1. The zero-order valence-corrected chi connectivity index (χ0v) is 14.1. The number of amides is 1. The van der Waals surface area contributed by atoms with Crippen LogP contribution < -0.4 is 5.32 Å². The molecule has 0 saturated carbocycles. The number of benzene rings is 2. The molecule has 0 spiro atoms. The van der Waals surface area contributed by atoms with Crippen molar-refractivity contribution in [3.63, 3.8) is 0 Å². The van der Waals surface area contributed by atoms with Crippen molar-refractivity contribution in [2.24, 2.45) is 0 Å². The fraction of sp³-hybridized carbons (Fsp3) is 0.250. The summed E-state index contributed by atoms with van der Waals surface area (Å²) in [4.78, 5) is 14.2. The molecule has 3 aromatic rings. The van der Waals surface area contributed by atoms with Crippen LogP contribution in [0.15, 0.2) is 48.5 Å². The van der Waals surface area contributed by atoms with E-state index in [1.807, 2.05) is 41.8 Å². The highest BCUT2D eigenvalue weighted by Crippen LogP contribution is 2.25. The maximum absolute atomic E-state index is 14.7. The molecule has 1 aromatic heterocycles. The average Bonchev–Trinajstić information content (AvgIpc) is 2.97. The number of aryl methyl sites for hydroxylation is 1. The second kappa shape index (κ2) is 6.33. The van der Waals surface area contributed by atoms with Crippen molar-refractivity contribution in [2.45, 2.75) is 6.92 Å². The van der Waals surface area contributed by atoms with E-state index in [2.05, 4.69) is 11.4 Å². The topological polar surface area (TPSA) is 37.3 Å². The molecule has 1 N–H and O–H groups in total. The lowest BCUT2D eigenvalue weighted by atomic mass is 10.1. The molecule has 5 heteroatoms. The van der Waals surface area contributed by atoms with Gasteiger partial charge in [0.2, 0.25) is 0 Å². The number of carbonyl (C=O) groups excluding carboxylic acids is 1. The van der Waals surface area contributed by atoms with Gasteiger partial charge in [-0.2, -0.15) is 0 Å². The quantitative estimate of drug-likeness (QED) is 0.780. The van der Waals surface area contributed by atoms with Gasteiger partial charge in [0.15, 0.2) is 0 Å². The van der Waals surface area contributed by atoms with Crippen LogP contribution in [-0.2, 0) is 0 Å². The highest BCUT2D eigenvalue weighted by molar-refractivity contribution is 5.95. The Morgan fingerprint density at radius 1 is 1.08 bits per heavy atom. The summed E-state index contributed by atoms with van der Waals surface area (Å²) in [5.41, 5.74) is 2.93. The molecule has 4 nitrogen and oxygen atoms in total. The summed E-state index contributed by atoms with van der Waals surface area (Å²) < 4.78 is 16.7. The van der Waals surface area contributed by atoms with Crippen LogP contribution in [0.5, 0.6) is 0 Å². The van der Waals surface area contributed by atoms with Gasteiger partial charge in [0, 0.05) is 42.9 Å². The standard InChI is InChI=1S/C20H20FN3O/c1-14-12-15-4-2-3-5-19(15)24(14)16-6-7-17(18(21)13-16)20(25)23-10-8-22-9-11-23/h2-7,12-13,22H,8-11H2,1H3. The van der Waals surface area contributed by atoms with Crippen molar-refractivity contribution >= 4 is 16.8 Å². The highest BCUT2D eigenvalue weighted by atomic mass is 19.1. The normalized spacial score (nSPS) is 14.9. The Morgan fingerprint density at radius 3 is 2.60 bits per heavy atom. The smallest absolute Gasteiger partial charge is 0.256 e. The molecule has 1 aliphatic rings. The third kappa shape index (κ3) is 2.81. The Kier molecular flexibility index (Phi) is 4.01. The number of para-hydroxylation sites is 1. The van der Waals surface area contributed by atoms with E-state index in [4.69, 9.17) is 0 Å². The minimum absolute atomic E-state index is 0.139. The van der Waals surface area contributed by atoms with Crippen LogP contribution in [0.4, 0.5) is 4.39 Å². The number of nitrogens with one attached hydrogen (secondary N) is 1. The predicted octanol–water partition coefficient (Wildman–Crippen LogP) is 3.12. The molecular weight excluding hydrogens is 317 g/mol. The van der Waals surface area contributed by atoms with E-state index >= 15 is 0 Å². The van der Waals surface area contributed by atoms with Gasteiger partial charge in [-0.3, -0.25) is 4.79 Å². The van der Waals surface area contributed by atoms with E-state index in [-0.39, 0.29) is 11.5 Å². The number of hydrogen-bond acceptors (Lipinski definition) is 2. The van der Waals surface area contributed by atoms with Gasteiger partial charge in [-0.15, -0.1) is 0 Å². The Balaban J connectivity index is 1.72. The van der Waals surface area contributed by atoms with Crippen molar-refractivity contribution in [1.82, 2.24) is 14.8 Å². The first-order valence-corrected chi connectivity index (χ1v) is 8.52. The van der Waals surface area contributed by atoms with E-state index in [1.165, 1.54) is 6.07 Å². The Labute approximate surface area is 145 Å². The van der Waals surface area contributed by atoms with E-state index in [0.717, 1.165) is 35.4 Å². The fourth-order valence-electron chi connectivity index (χ4n) is 3.49. The molecule has 0 aliphatic carbocycles. The van der Waals surface area contributed by atoms with Crippen molar-refractivity contribution in [2.75, 3.05) is 26.2 Å². The predicted molar refractivity (Wildman–Crippen MR) is 96.7 cm³/mol. The number of piperazine rings is 1. The van der Waals surface area contributed by atoms with Gasteiger partial charge in [0.05, 0.1) is 11.1 Å². The van der Waals surface area contributed by atoms with Gasteiger partial charge >= 0.3 is 0 Å². The van der Waals surface area contributed by atoms with E-state index in [1.54, 1.807) is 11.0 Å². The minimum atomic E-state index is -0.474. The van der Waals surface area contributed by atoms with E-state index in [0.29, 0.717) is 13.1 Å². The van der Waals surface area contributed by atoms with Gasteiger partial charge in [-0.25, -0.2) is 4.39 Å². The number of hydrogen-bond donors (Lipinski definition) is 1. The largest absolute Gasteiger partial charge is 0.336 e. The summed E-state index contributed by atoms with van der Waals surface area (Å²) in [6.45, 7) is 4.72. The first kappa shape index (κ1) is 15.8. The minimum Gasteiger partial charge on any atom is -0.336 e. The van der Waals surface area contributed by atoms with Gasteiger partial charge in [-0.1, -0.05) is 18.2 Å². The van der Waals surface area contributed by atoms with Gasteiger partial charge in [-0.05, 0) is 37.3 Å². The zero-order valence-electron chi connectivity index (χ0n) is 14.1. The monoisotopic (exact) mass is 337 g/mol. The lowest BCUT2D eigenvalue weighted by molar-refractivity contribution is 0.0731. The number of nitrogens with zero attached hydrogens (tertiary/aromatic N) is 2.